The van der Waals surface area contributed by atoms with Crippen molar-refractivity contribution in [2.24, 2.45) is 0 Å². The second-order valence-corrected chi connectivity index (χ2v) is 4.23. The van der Waals surface area contributed by atoms with E-state index in [0.29, 0.717) is 12.1 Å². The first-order valence-electron chi connectivity index (χ1n) is 5.59. The van der Waals surface area contributed by atoms with E-state index in [9.17, 15) is 9.59 Å². The highest BCUT2D eigenvalue weighted by molar-refractivity contribution is 5.91. The van der Waals surface area contributed by atoms with Crippen molar-refractivity contribution >= 4 is 17.8 Å². The largest absolute Gasteiger partial charge is 0.480 e. The van der Waals surface area contributed by atoms with E-state index in [2.05, 4.69) is 15.8 Å². The summed E-state index contributed by atoms with van der Waals surface area (Å²) in [6, 6.07) is 1.58. The first kappa shape index (κ1) is 14.2. The number of anilines is 1. The van der Waals surface area contributed by atoms with Gasteiger partial charge in [0.05, 0.1) is 12.2 Å². The lowest BCUT2D eigenvalue weighted by Gasteiger charge is -2.24. The van der Waals surface area contributed by atoms with Crippen molar-refractivity contribution in [2.45, 2.75) is 32.7 Å². The number of hydrogen-bond acceptors (Lipinski definition) is 5. The smallest absolute Gasteiger partial charge is 0.323 e. The molecule has 100 valence electrons. The van der Waals surface area contributed by atoms with Crippen LogP contribution in [0.25, 0.3) is 0 Å². The Hall–Kier alpha value is -1.89. The minimum absolute atomic E-state index is 0.115. The third-order valence-corrected chi connectivity index (χ3v) is 2.71. The molecule has 0 aliphatic heterocycles. The highest BCUT2D eigenvalue weighted by Gasteiger charge is 2.30. The van der Waals surface area contributed by atoms with E-state index < -0.39 is 11.5 Å². The molecule has 3 N–H and O–H groups in total. The zero-order chi connectivity index (χ0) is 13.8. The van der Waals surface area contributed by atoms with E-state index in [1.165, 1.54) is 6.92 Å². The third-order valence-electron chi connectivity index (χ3n) is 2.71. The van der Waals surface area contributed by atoms with Crippen molar-refractivity contribution < 1.29 is 19.2 Å². The standard InChI is InChI=1S/C11H17N3O4/c1-4-11(3,10(16)17)12-6-8(15)13-9-5-7(2)14-18-9/h5,12H,4,6H2,1-3H3,(H,13,15)(H,16,17). The molecule has 1 amide bonds. The summed E-state index contributed by atoms with van der Waals surface area (Å²) < 4.78 is 4.81. The number of aromatic nitrogens is 1. The number of rotatable bonds is 6. The highest BCUT2D eigenvalue weighted by Crippen LogP contribution is 2.10. The van der Waals surface area contributed by atoms with Gasteiger partial charge in [0.15, 0.2) is 0 Å². The summed E-state index contributed by atoms with van der Waals surface area (Å²) in [7, 11) is 0. The summed E-state index contributed by atoms with van der Waals surface area (Å²) in [5.74, 6) is -1.13. The van der Waals surface area contributed by atoms with E-state index in [0.717, 1.165) is 0 Å². The van der Waals surface area contributed by atoms with Gasteiger partial charge >= 0.3 is 5.97 Å². The molecule has 1 unspecified atom stereocenters. The van der Waals surface area contributed by atoms with Crippen LogP contribution in [0.3, 0.4) is 0 Å². The van der Waals surface area contributed by atoms with Gasteiger partial charge in [-0.25, -0.2) is 0 Å². The molecule has 0 spiro atoms. The first-order valence-corrected chi connectivity index (χ1v) is 5.59. The van der Waals surface area contributed by atoms with E-state index in [1.54, 1.807) is 19.9 Å². The normalized spacial score (nSPS) is 13.9. The summed E-state index contributed by atoms with van der Waals surface area (Å²) in [6.45, 7) is 4.88. The van der Waals surface area contributed by atoms with Crippen molar-refractivity contribution in [1.29, 1.82) is 0 Å². The predicted molar refractivity (Wildman–Crippen MR) is 64.2 cm³/mol. The van der Waals surface area contributed by atoms with Crippen LogP contribution in [0.4, 0.5) is 5.88 Å². The van der Waals surface area contributed by atoms with Crippen LogP contribution in [0.1, 0.15) is 26.0 Å². The number of nitrogens with zero attached hydrogens (tertiary/aromatic N) is 1. The lowest BCUT2D eigenvalue weighted by Crippen LogP contribution is -2.51. The van der Waals surface area contributed by atoms with Crippen molar-refractivity contribution in [1.82, 2.24) is 10.5 Å². The molecule has 0 aromatic carbocycles. The van der Waals surface area contributed by atoms with Crippen LogP contribution in [0.15, 0.2) is 10.6 Å². The number of carboxylic acids is 1. The number of hydrogen-bond donors (Lipinski definition) is 3. The van der Waals surface area contributed by atoms with Gasteiger partial charge in [0.25, 0.3) is 0 Å². The monoisotopic (exact) mass is 255 g/mol. The molecule has 0 fully saturated rings. The van der Waals surface area contributed by atoms with Gasteiger partial charge in [-0.15, -0.1) is 0 Å². The number of carbonyl (C=O) groups excluding carboxylic acids is 1. The van der Waals surface area contributed by atoms with Crippen molar-refractivity contribution in [2.75, 3.05) is 11.9 Å². The molecule has 18 heavy (non-hydrogen) atoms. The summed E-state index contributed by atoms with van der Waals surface area (Å²) in [5, 5.41) is 17.8. The molecule has 1 aromatic heterocycles. The Labute approximate surface area is 105 Å². The Morgan fingerprint density at radius 1 is 1.56 bits per heavy atom. The van der Waals surface area contributed by atoms with Crippen LogP contribution >= 0.6 is 0 Å². The fourth-order valence-electron chi connectivity index (χ4n) is 1.23. The molecule has 0 aliphatic rings. The molecular weight excluding hydrogens is 238 g/mol. The fraction of sp³-hybridized carbons (Fsp3) is 0.545. The molecule has 1 aromatic rings. The Kier molecular flexibility index (Phi) is 4.43. The Balaban J connectivity index is 2.48. The number of carbonyl (C=O) groups is 2. The van der Waals surface area contributed by atoms with Gasteiger partial charge in [0.1, 0.15) is 5.54 Å². The average molecular weight is 255 g/mol. The Bertz CT molecular complexity index is 443. The maximum atomic E-state index is 11.6. The summed E-state index contributed by atoms with van der Waals surface area (Å²) >= 11 is 0. The van der Waals surface area contributed by atoms with Gasteiger partial charge in [-0.1, -0.05) is 12.1 Å². The molecule has 1 atom stereocenters. The Morgan fingerprint density at radius 2 is 2.22 bits per heavy atom. The number of aryl methyl sites for hydroxylation is 1. The summed E-state index contributed by atoms with van der Waals surface area (Å²) in [6.07, 6.45) is 0.372. The molecule has 7 nitrogen and oxygen atoms in total. The molecule has 7 heteroatoms. The van der Waals surface area contributed by atoms with E-state index in [-0.39, 0.29) is 18.3 Å². The summed E-state index contributed by atoms with van der Waals surface area (Å²) in [5.41, 5.74) is -0.462. The maximum Gasteiger partial charge on any atom is 0.323 e. The molecule has 1 rings (SSSR count). The predicted octanol–water partition coefficient (Wildman–Crippen LogP) is 0.764. The van der Waals surface area contributed by atoms with Gasteiger partial charge < -0.3 is 9.63 Å². The lowest BCUT2D eigenvalue weighted by atomic mass is 9.99. The maximum absolute atomic E-state index is 11.6. The molecule has 0 saturated heterocycles. The topological polar surface area (TPSA) is 104 Å². The minimum atomic E-state index is -1.12. The van der Waals surface area contributed by atoms with E-state index >= 15 is 0 Å². The minimum Gasteiger partial charge on any atom is -0.480 e. The fourth-order valence-corrected chi connectivity index (χ4v) is 1.23. The van der Waals surface area contributed by atoms with Crippen molar-refractivity contribution in [3.63, 3.8) is 0 Å². The SMILES string of the molecule is CCC(C)(NCC(=O)Nc1cc(C)no1)C(=O)O. The molecule has 0 radical (unpaired) electrons. The highest BCUT2D eigenvalue weighted by atomic mass is 16.5. The van der Waals surface area contributed by atoms with Gasteiger partial charge in [0.2, 0.25) is 11.8 Å². The van der Waals surface area contributed by atoms with Gasteiger partial charge in [-0.05, 0) is 20.3 Å². The quantitative estimate of drug-likeness (QED) is 0.693. The van der Waals surface area contributed by atoms with E-state index in [4.69, 9.17) is 9.63 Å². The molecule has 0 bridgehead atoms. The summed E-state index contributed by atoms with van der Waals surface area (Å²) in [4.78, 5) is 22.6. The second-order valence-electron chi connectivity index (χ2n) is 4.23. The van der Waals surface area contributed by atoms with Gasteiger partial charge in [0, 0.05) is 6.07 Å². The average Bonchev–Trinajstić information content (AvgIpc) is 2.71. The molecule has 1 heterocycles. The molecule has 0 aliphatic carbocycles. The van der Waals surface area contributed by atoms with Crippen LogP contribution in [0.5, 0.6) is 0 Å². The van der Waals surface area contributed by atoms with Crippen molar-refractivity contribution in [3.8, 4) is 0 Å². The van der Waals surface area contributed by atoms with Crippen LogP contribution in [-0.4, -0.2) is 34.2 Å². The molecular formula is C11H17N3O4. The van der Waals surface area contributed by atoms with Crippen molar-refractivity contribution in [3.05, 3.63) is 11.8 Å². The first-order chi connectivity index (χ1) is 8.37. The van der Waals surface area contributed by atoms with Crippen LogP contribution in [0.2, 0.25) is 0 Å². The Morgan fingerprint density at radius 3 is 2.67 bits per heavy atom. The zero-order valence-electron chi connectivity index (χ0n) is 10.6. The zero-order valence-corrected chi connectivity index (χ0v) is 10.6. The number of nitrogens with one attached hydrogen (secondary N) is 2. The van der Waals surface area contributed by atoms with Gasteiger partial charge in [-0.2, -0.15) is 0 Å². The van der Waals surface area contributed by atoms with Crippen LogP contribution in [-0.2, 0) is 9.59 Å². The van der Waals surface area contributed by atoms with E-state index in [1.807, 2.05) is 0 Å². The number of carboxylic acid groups (broad SMARTS) is 1. The van der Waals surface area contributed by atoms with Crippen LogP contribution in [0, 0.1) is 6.92 Å². The number of aliphatic carboxylic acids is 1. The second kappa shape index (κ2) is 5.63. The lowest BCUT2D eigenvalue weighted by molar-refractivity contribution is -0.144. The van der Waals surface area contributed by atoms with Gasteiger partial charge in [-0.3, -0.25) is 20.2 Å². The third kappa shape index (κ3) is 3.56. The number of amides is 1. The van der Waals surface area contributed by atoms with Crippen LogP contribution < -0.4 is 10.6 Å². The molecule has 0 saturated carbocycles.